The maximum Gasteiger partial charge on any atom is 0.335 e. The number of nitrogens with two attached hydrogens (primary N) is 1. The normalized spacial score (nSPS) is 24.8. The van der Waals surface area contributed by atoms with Crippen LogP contribution in [0.3, 0.4) is 0 Å². The van der Waals surface area contributed by atoms with Gasteiger partial charge in [-0.2, -0.15) is 0 Å². The van der Waals surface area contributed by atoms with E-state index < -0.39 is 17.3 Å². The van der Waals surface area contributed by atoms with E-state index >= 15 is 0 Å². The molecule has 0 bridgehead atoms. The van der Waals surface area contributed by atoms with Crippen molar-refractivity contribution in [3.8, 4) is 0 Å². The summed E-state index contributed by atoms with van der Waals surface area (Å²) < 4.78 is 0. The lowest BCUT2D eigenvalue weighted by atomic mass is 9.76. The van der Waals surface area contributed by atoms with Gasteiger partial charge in [0.25, 0.3) is 0 Å². The first-order valence-electron chi connectivity index (χ1n) is 15.9. The Morgan fingerprint density at radius 3 is 2.24 bits per heavy atom. The van der Waals surface area contributed by atoms with Gasteiger partial charge in [-0.1, -0.05) is 60.6 Å². The fraction of sp³-hybridized carbons (Fsp3) is 0.735. The number of piperidine rings is 1. The second-order valence-corrected chi connectivity index (χ2v) is 14.6. The highest BCUT2D eigenvalue weighted by Gasteiger charge is 2.42. The molecule has 1 aliphatic carbocycles. The standard InChI is InChI=1S/C34H56N4O3/c1-24(2)14-20-34(35,29-12-10-27(11-13-29)31(40)41)37-33(18-8-9-28(15-19-33)32(5,6)7)36-30(23-39)38-21-16-26(17-22-38)25(3)4/h10-13,23-26,28,37H,8-9,14-22,35H2,1-7H3,(H,40,41). The molecule has 3 atom stereocenters. The highest BCUT2D eigenvalue weighted by Crippen LogP contribution is 2.42. The molecule has 3 unspecified atom stereocenters. The van der Waals surface area contributed by atoms with Crippen molar-refractivity contribution in [1.82, 2.24) is 10.2 Å². The summed E-state index contributed by atoms with van der Waals surface area (Å²) in [7, 11) is 0. The lowest BCUT2D eigenvalue weighted by Crippen LogP contribution is -2.61. The Kier molecular flexibility index (Phi) is 11.2. The van der Waals surface area contributed by atoms with Crippen LogP contribution in [0.15, 0.2) is 29.3 Å². The summed E-state index contributed by atoms with van der Waals surface area (Å²) >= 11 is 0. The molecule has 1 saturated heterocycles. The molecule has 2 aliphatic rings. The number of nitrogens with zero attached hydrogens (tertiary/aromatic N) is 2. The van der Waals surface area contributed by atoms with Crippen LogP contribution in [-0.4, -0.2) is 46.8 Å². The summed E-state index contributed by atoms with van der Waals surface area (Å²) in [5.41, 5.74) is 6.96. The molecular weight excluding hydrogens is 512 g/mol. The minimum atomic E-state index is -0.954. The third-order valence-corrected chi connectivity index (χ3v) is 9.73. The fourth-order valence-electron chi connectivity index (χ4n) is 6.76. The van der Waals surface area contributed by atoms with Crippen LogP contribution in [0, 0.1) is 29.1 Å². The highest BCUT2D eigenvalue weighted by atomic mass is 16.4. The summed E-state index contributed by atoms with van der Waals surface area (Å²) in [6.45, 7) is 17.6. The highest BCUT2D eigenvalue weighted by molar-refractivity contribution is 6.27. The zero-order valence-electron chi connectivity index (χ0n) is 26.7. The van der Waals surface area contributed by atoms with Gasteiger partial charge in [0.1, 0.15) is 5.66 Å². The summed E-state index contributed by atoms with van der Waals surface area (Å²) in [6, 6.07) is 6.93. The SMILES string of the molecule is CC(C)CCC(N)(NC1(N=C(C=O)N2CCC(C(C)C)CC2)CCCC(C(C)(C)C)CC1)c1ccc(C(=O)O)cc1. The van der Waals surface area contributed by atoms with E-state index in [2.05, 4.69) is 58.7 Å². The van der Waals surface area contributed by atoms with Crippen LogP contribution in [0.25, 0.3) is 0 Å². The number of hydrogen-bond acceptors (Lipinski definition) is 5. The Morgan fingerprint density at radius 1 is 1.10 bits per heavy atom. The number of benzene rings is 1. The number of likely N-dealkylation sites (tertiary alicyclic amines) is 1. The predicted octanol–water partition coefficient (Wildman–Crippen LogP) is 6.81. The Balaban J connectivity index is 2.03. The number of aldehydes is 1. The van der Waals surface area contributed by atoms with Gasteiger partial charge in [0, 0.05) is 13.1 Å². The van der Waals surface area contributed by atoms with Gasteiger partial charge in [0.15, 0.2) is 12.1 Å². The monoisotopic (exact) mass is 568 g/mol. The predicted molar refractivity (Wildman–Crippen MR) is 168 cm³/mol. The van der Waals surface area contributed by atoms with Gasteiger partial charge >= 0.3 is 5.97 Å². The number of rotatable bonds is 10. The van der Waals surface area contributed by atoms with Crippen molar-refractivity contribution in [3.05, 3.63) is 35.4 Å². The second kappa shape index (κ2) is 13.8. The molecule has 41 heavy (non-hydrogen) atoms. The lowest BCUT2D eigenvalue weighted by Gasteiger charge is -2.43. The average molecular weight is 569 g/mol. The van der Waals surface area contributed by atoms with Gasteiger partial charge in [0.05, 0.1) is 11.2 Å². The van der Waals surface area contributed by atoms with Gasteiger partial charge in [-0.05, 0) is 105 Å². The molecule has 4 N–H and O–H groups in total. The number of carbonyl (C=O) groups excluding carboxylic acids is 1. The molecular formula is C34H56N4O3. The third kappa shape index (κ3) is 8.87. The van der Waals surface area contributed by atoms with Crippen LogP contribution in [0.2, 0.25) is 0 Å². The number of nitrogens with one attached hydrogen (secondary N) is 1. The van der Waals surface area contributed by atoms with Crippen molar-refractivity contribution in [1.29, 1.82) is 0 Å². The van der Waals surface area contributed by atoms with E-state index in [1.54, 1.807) is 12.1 Å². The van der Waals surface area contributed by atoms with Crippen molar-refractivity contribution in [2.24, 2.45) is 39.8 Å². The molecule has 1 aliphatic heterocycles. The molecule has 7 nitrogen and oxygen atoms in total. The van der Waals surface area contributed by atoms with Crippen molar-refractivity contribution in [2.75, 3.05) is 13.1 Å². The molecule has 1 heterocycles. The molecule has 1 aromatic rings. The molecule has 2 fully saturated rings. The summed E-state index contributed by atoms with van der Waals surface area (Å²) in [5.74, 6) is 1.90. The van der Waals surface area contributed by atoms with Gasteiger partial charge in [-0.3, -0.25) is 10.1 Å². The summed E-state index contributed by atoms with van der Waals surface area (Å²) in [6.07, 6.45) is 9.37. The van der Waals surface area contributed by atoms with Crippen LogP contribution < -0.4 is 11.1 Å². The van der Waals surface area contributed by atoms with Crippen LogP contribution in [0.5, 0.6) is 0 Å². The van der Waals surface area contributed by atoms with E-state index in [9.17, 15) is 14.7 Å². The van der Waals surface area contributed by atoms with Crippen molar-refractivity contribution in [2.45, 2.75) is 118 Å². The van der Waals surface area contributed by atoms with E-state index in [4.69, 9.17) is 10.7 Å². The van der Waals surface area contributed by atoms with Crippen LogP contribution >= 0.6 is 0 Å². The van der Waals surface area contributed by atoms with Gasteiger partial charge < -0.3 is 15.7 Å². The lowest BCUT2D eigenvalue weighted by molar-refractivity contribution is -0.103. The number of carboxylic acids is 1. The van der Waals surface area contributed by atoms with E-state index in [-0.39, 0.29) is 11.0 Å². The van der Waals surface area contributed by atoms with E-state index in [1.165, 1.54) is 0 Å². The van der Waals surface area contributed by atoms with Crippen molar-refractivity contribution >= 4 is 18.1 Å². The minimum Gasteiger partial charge on any atom is -0.478 e. The molecule has 1 saturated carbocycles. The average Bonchev–Trinajstić information content (AvgIpc) is 3.13. The smallest absolute Gasteiger partial charge is 0.335 e. The number of amidine groups is 1. The van der Waals surface area contributed by atoms with E-state index in [0.717, 1.165) is 76.3 Å². The van der Waals surface area contributed by atoms with Crippen molar-refractivity contribution < 1.29 is 14.7 Å². The zero-order chi connectivity index (χ0) is 30.4. The first-order valence-corrected chi connectivity index (χ1v) is 15.9. The Labute approximate surface area is 248 Å². The number of carboxylic acid groups (broad SMARTS) is 1. The Hall–Kier alpha value is -2.25. The molecule has 0 amide bonds. The van der Waals surface area contributed by atoms with Crippen LogP contribution in [-0.2, 0) is 10.5 Å². The van der Waals surface area contributed by atoms with E-state index in [1.807, 2.05) is 12.1 Å². The van der Waals surface area contributed by atoms with Gasteiger partial charge in [-0.25, -0.2) is 9.79 Å². The molecule has 0 aromatic heterocycles. The Bertz CT molecular complexity index is 1040. The Morgan fingerprint density at radius 2 is 1.73 bits per heavy atom. The first kappa shape index (κ1) is 33.3. The summed E-state index contributed by atoms with van der Waals surface area (Å²) in [4.78, 5) is 31.7. The second-order valence-electron chi connectivity index (χ2n) is 14.6. The largest absolute Gasteiger partial charge is 0.478 e. The number of carbonyl (C=O) groups is 2. The number of aromatic carboxylic acids is 1. The summed E-state index contributed by atoms with van der Waals surface area (Å²) in [5, 5.41) is 13.3. The van der Waals surface area contributed by atoms with Gasteiger partial charge in [-0.15, -0.1) is 0 Å². The third-order valence-electron chi connectivity index (χ3n) is 9.73. The maximum absolute atomic E-state index is 12.6. The molecule has 1 aromatic carbocycles. The first-order chi connectivity index (χ1) is 19.2. The van der Waals surface area contributed by atoms with Crippen LogP contribution in [0.4, 0.5) is 0 Å². The zero-order valence-corrected chi connectivity index (χ0v) is 26.7. The quantitative estimate of drug-likeness (QED) is 0.0941. The maximum atomic E-state index is 12.6. The topological polar surface area (TPSA) is 108 Å². The molecule has 3 rings (SSSR count). The van der Waals surface area contributed by atoms with Crippen LogP contribution in [0.1, 0.15) is 122 Å². The fourth-order valence-corrected chi connectivity index (χ4v) is 6.76. The molecule has 0 radical (unpaired) electrons. The van der Waals surface area contributed by atoms with E-state index in [0.29, 0.717) is 35.9 Å². The molecule has 0 spiro atoms. The number of aliphatic imine (C=N–C) groups is 1. The van der Waals surface area contributed by atoms with Crippen molar-refractivity contribution in [3.63, 3.8) is 0 Å². The van der Waals surface area contributed by atoms with Gasteiger partial charge in [0.2, 0.25) is 0 Å². The molecule has 7 heteroatoms. The number of hydrogen-bond donors (Lipinski definition) is 3. The minimum absolute atomic E-state index is 0.191. The molecule has 230 valence electrons.